The topological polar surface area (TPSA) is 93.1 Å². The lowest BCUT2D eigenvalue weighted by molar-refractivity contribution is 0.0949. The molecule has 0 aliphatic heterocycles. The summed E-state index contributed by atoms with van der Waals surface area (Å²) >= 11 is 0. The number of nitrogens with one attached hydrogen (secondary N) is 2. The highest BCUT2D eigenvalue weighted by molar-refractivity contribution is 7.88. The van der Waals surface area contributed by atoms with Gasteiger partial charge in [-0.1, -0.05) is 38.1 Å². The SMILES string of the molecule is CNS(=O)(=O)Cc1ccccc1CNC(=O)c1cnn(-c2ccc(F)cc2)c1C(C)C. The van der Waals surface area contributed by atoms with Gasteiger partial charge in [0.25, 0.3) is 5.91 Å². The van der Waals surface area contributed by atoms with Crippen molar-refractivity contribution >= 4 is 15.9 Å². The van der Waals surface area contributed by atoms with Gasteiger partial charge < -0.3 is 5.32 Å². The zero-order valence-electron chi connectivity index (χ0n) is 17.6. The molecule has 1 amide bonds. The van der Waals surface area contributed by atoms with Crippen molar-refractivity contribution in [1.82, 2.24) is 19.8 Å². The lowest BCUT2D eigenvalue weighted by Gasteiger charge is -2.14. The highest BCUT2D eigenvalue weighted by Crippen LogP contribution is 2.23. The molecule has 2 N–H and O–H groups in total. The molecule has 0 saturated carbocycles. The molecule has 0 aliphatic rings. The van der Waals surface area contributed by atoms with Crippen molar-refractivity contribution < 1.29 is 17.6 Å². The van der Waals surface area contributed by atoms with Gasteiger partial charge in [-0.3, -0.25) is 4.79 Å². The molecule has 0 bridgehead atoms. The number of halogens is 1. The predicted molar refractivity (Wildman–Crippen MR) is 117 cm³/mol. The summed E-state index contributed by atoms with van der Waals surface area (Å²) in [6.45, 7) is 4.07. The molecule has 0 atom stereocenters. The van der Waals surface area contributed by atoms with Crippen molar-refractivity contribution in [3.8, 4) is 5.69 Å². The molecule has 0 unspecified atom stereocenters. The number of benzene rings is 2. The Balaban J connectivity index is 1.83. The van der Waals surface area contributed by atoms with E-state index in [2.05, 4.69) is 15.1 Å². The van der Waals surface area contributed by atoms with Gasteiger partial charge in [-0.2, -0.15) is 5.10 Å². The monoisotopic (exact) mass is 444 g/mol. The van der Waals surface area contributed by atoms with Gasteiger partial charge in [0.1, 0.15) is 5.82 Å². The van der Waals surface area contributed by atoms with Crippen LogP contribution in [0.25, 0.3) is 5.69 Å². The molecule has 164 valence electrons. The van der Waals surface area contributed by atoms with Gasteiger partial charge in [-0.05, 0) is 48.4 Å². The molecule has 0 fully saturated rings. The van der Waals surface area contributed by atoms with Gasteiger partial charge in [0, 0.05) is 6.54 Å². The Morgan fingerprint density at radius 3 is 2.35 bits per heavy atom. The maximum atomic E-state index is 13.3. The normalized spacial score (nSPS) is 11.6. The van der Waals surface area contributed by atoms with E-state index in [-0.39, 0.29) is 29.9 Å². The third-order valence-electron chi connectivity index (χ3n) is 4.88. The van der Waals surface area contributed by atoms with E-state index >= 15 is 0 Å². The second kappa shape index (κ2) is 9.40. The minimum absolute atomic E-state index is 0.0126. The standard InChI is InChI=1S/C22H25FN4O3S/c1-15(2)21-20(13-26-27(21)19-10-8-18(23)9-11-19)22(28)25-12-16-6-4-5-7-17(16)14-31(29,30)24-3/h4-11,13,15,24H,12,14H2,1-3H3,(H,25,28). The van der Waals surface area contributed by atoms with E-state index in [9.17, 15) is 17.6 Å². The molecule has 0 spiro atoms. The van der Waals surface area contributed by atoms with Crippen LogP contribution in [0.4, 0.5) is 4.39 Å². The van der Waals surface area contributed by atoms with E-state index in [0.29, 0.717) is 28.1 Å². The van der Waals surface area contributed by atoms with Crippen molar-refractivity contribution in [2.45, 2.75) is 32.1 Å². The summed E-state index contributed by atoms with van der Waals surface area (Å²) in [7, 11) is -2.07. The van der Waals surface area contributed by atoms with E-state index in [1.165, 1.54) is 25.4 Å². The van der Waals surface area contributed by atoms with Gasteiger partial charge >= 0.3 is 0 Å². The number of carbonyl (C=O) groups excluding carboxylic acids is 1. The minimum Gasteiger partial charge on any atom is -0.348 e. The van der Waals surface area contributed by atoms with Crippen LogP contribution in [0.3, 0.4) is 0 Å². The highest BCUT2D eigenvalue weighted by atomic mass is 32.2. The first-order chi connectivity index (χ1) is 14.7. The van der Waals surface area contributed by atoms with Crippen molar-refractivity contribution in [2.24, 2.45) is 0 Å². The van der Waals surface area contributed by atoms with Crippen LogP contribution in [0.5, 0.6) is 0 Å². The molecule has 3 aromatic rings. The molecule has 9 heteroatoms. The number of aromatic nitrogens is 2. The Labute approximate surface area is 181 Å². The largest absolute Gasteiger partial charge is 0.348 e. The number of carbonyl (C=O) groups is 1. The molecule has 0 radical (unpaired) electrons. The molecule has 3 rings (SSSR count). The van der Waals surface area contributed by atoms with Gasteiger partial charge in [0.05, 0.1) is 28.9 Å². The minimum atomic E-state index is -3.44. The Morgan fingerprint density at radius 1 is 1.10 bits per heavy atom. The van der Waals surface area contributed by atoms with E-state index in [0.717, 1.165) is 0 Å². The number of nitrogens with zero attached hydrogens (tertiary/aromatic N) is 2. The van der Waals surface area contributed by atoms with Crippen LogP contribution in [-0.2, 0) is 22.3 Å². The van der Waals surface area contributed by atoms with Gasteiger partial charge in [0.15, 0.2) is 0 Å². The van der Waals surface area contributed by atoms with Crippen LogP contribution in [0.15, 0.2) is 54.7 Å². The molecule has 1 aromatic heterocycles. The van der Waals surface area contributed by atoms with E-state index in [1.807, 2.05) is 13.8 Å². The average Bonchev–Trinajstić information content (AvgIpc) is 3.19. The quantitative estimate of drug-likeness (QED) is 0.558. The van der Waals surface area contributed by atoms with Crippen LogP contribution in [0.2, 0.25) is 0 Å². The third kappa shape index (κ3) is 5.36. The first-order valence-electron chi connectivity index (χ1n) is 9.82. The first-order valence-corrected chi connectivity index (χ1v) is 11.5. The van der Waals surface area contributed by atoms with Crippen molar-refractivity contribution in [3.63, 3.8) is 0 Å². The smallest absolute Gasteiger partial charge is 0.255 e. The maximum absolute atomic E-state index is 13.3. The molecular weight excluding hydrogens is 419 g/mol. The summed E-state index contributed by atoms with van der Waals surface area (Å²) in [4.78, 5) is 12.9. The molecular formula is C22H25FN4O3S. The zero-order valence-corrected chi connectivity index (χ0v) is 18.4. The summed E-state index contributed by atoms with van der Waals surface area (Å²) < 4.78 is 41.1. The average molecular weight is 445 g/mol. The number of hydrogen-bond acceptors (Lipinski definition) is 4. The van der Waals surface area contributed by atoms with Crippen LogP contribution < -0.4 is 10.0 Å². The molecule has 7 nitrogen and oxygen atoms in total. The summed E-state index contributed by atoms with van der Waals surface area (Å²) in [5.41, 5.74) is 3.11. The number of sulfonamides is 1. The van der Waals surface area contributed by atoms with Gasteiger partial charge in [-0.15, -0.1) is 0 Å². The van der Waals surface area contributed by atoms with Crippen molar-refractivity contribution in [2.75, 3.05) is 7.05 Å². The molecule has 2 aromatic carbocycles. The number of hydrogen-bond donors (Lipinski definition) is 2. The van der Waals surface area contributed by atoms with Gasteiger partial charge in [0.2, 0.25) is 10.0 Å². The number of rotatable bonds is 8. The highest BCUT2D eigenvalue weighted by Gasteiger charge is 2.21. The van der Waals surface area contributed by atoms with Crippen LogP contribution >= 0.6 is 0 Å². The molecule has 1 heterocycles. The van der Waals surface area contributed by atoms with Gasteiger partial charge in [-0.25, -0.2) is 22.2 Å². The summed E-state index contributed by atoms with van der Waals surface area (Å²) in [6.07, 6.45) is 1.49. The Bertz CT molecular complexity index is 1170. The Kier molecular flexibility index (Phi) is 6.87. The maximum Gasteiger partial charge on any atom is 0.255 e. The second-order valence-corrected chi connectivity index (χ2v) is 9.33. The first kappa shape index (κ1) is 22.6. The lowest BCUT2D eigenvalue weighted by Crippen LogP contribution is -2.26. The fourth-order valence-electron chi connectivity index (χ4n) is 3.29. The van der Waals surface area contributed by atoms with Crippen molar-refractivity contribution in [1.29, 1.82) is 0 Å². The predicted octanol–water partition coefficient (Wildman–Crippen LogP) is 3.11. The summed E-state index contributed by atoms with van der Waals surface area (Å²) in [6, 6.07) is 13.0. The van der Waals surface area contributed by atoms with E-state index in [1.54, 1.807) is 41.1 Å². The summed E-state index contributed by atoms with van der Waals surface area (Å²) in [5.74, 6) is -0.849. The van der Waals surface area contributed by atoms with Crippen LogP contribution in [0, 0.1) is 5.82 Å². The third-order valence-corrected chi connectivity index (χ3v) is 6.20. The summed E-state index contributed by atoms with van der Waals surface area (Å²) in [5, 5.41) is 7.20. The molecule has 0 saturated heterocycles. The molecule has 0 aliphatic carbocycles. The van der Waals surface area contributed by atoms with E-state index in [4.69, 9.17) is 0 Å². The molecule has 31 heavy (non-hydrogen) atoms. The van der Waals surface area contributed by atoms with Crippen LogP contribution in [0.1, 0.15) is 46.9 Å². The fraction of sp³-hybridized carbons (Fsp3) is 0.273. The fourth-order valence-corrected chi connectivity index (χ4v) is 4.13. The van der Waals surface area contributed by atoms with E-state index < -0.39 is 10.0 Å². The lowest BCUT2D eigenvalue weighted by atomic mass is 10.0. The zero-order chi connectivity index (χ0) is 22.6. The Hall–Kier alpha value is -3.04. The van der Waals surface area contributed by atoms with Crippen molar-refractivity contribution in [3.05, 3.63) is 82.9 Å². The second-order valence-electron chi connectivity index (χ2n) is 7.40. The number of amides is 1. The van der Waals surface area contributed by atoms with Crippen LogP contribution in [-0.4, -0.2) is 31.2 Å². The Morgan fingerprint density at radius 2 is 1.74 bits per heavy atom.